The zero-order valence-electron chi connectivity index (χ0n) is 12.6. The predicted octanol–water partition coefficient (Wildman–Crippen LogP) is 3.53. The molecule has 0 N–H and O–H groups in total. The number of aliphatic imine (C=N–C) groups is 2. The third-order valence-electron chi connectivity index (χ3n) is 3.17. The van der Waals surface area contributed by atoms with Crippen molar-refractivity contribution in [2.75, 3.05) is 19.5 Å². The van der Waals surface area contributed by atoms with Gasteiger partial charge in [0.05, 0.1) is 12.2 Å². The van der Waals surface area contributed by atoms with Crippen molar-refractivity contribution in [1.29, 1.82) is 0 Å². The van der Waals surface area contributed by atoms with Crippen LogP contribution in [0.15, 0.2) is 58.8 Å². The second kappa shape index (κ2) is 8.29. The van der Waals surface area contributed by atoms with Gasteiger partial charge < -0.3 is 4.90 Å². The van der Waals surface area contributed by atoms with Crippen LogP contribution < -0.4 is 0 Å². The van der Waals surface area contributed by atoms with Crippen molar-refractivity contribution < 1.29 is 0 Å². The van der Waals surface area contributed by atoms with Gasteiger partial charge in [0, 0.05) is 37.4 Å². The van der Waals surface area contributed by atoms with Crippen LogP contribution in [0.2, 0.25) is 0 Å². The first kappa shape index (κ1) is 16.2. The first-order chi connectivity index (χ1) is 10.8. The highest BCUT2D eigenvalue weighted by atomic mass is 35.5. The van der Waals surface area contributed by atoms with E-state index >= 15 is 0 Å². The lowest BCUT2D eigenvalue weighted by molar-refractivity contribution is 0.498. The molecular formula is C17H19ClN4. The summed E-state index contributed by atoms with van der Waals surface area (Å²) in [5.74, 6) is 1.33. The molecule has 0 atom stereocenters. The third-order valence-corrected chi connectivity index (χ3v) is 3.33. The van der Waals surface area contributed by atoms with Crippen LogP contribution in [-0.2, 0) is 6.54 Å². The Morgan fingerprint density at radius 3 is 2.77 bits per heavy atom. The number of benzene rings is 1. The smallest absolute Gasteiger partial charge is 0.133 e. The van der Waals surface area contributed by atoms with Gasteiger partial charge in [0.15, 0.2) is 0 Å². The van der Waals surface area contributed by atoms with Crippen molar-refractivity contribution in [3.8, 4) is 0 Å². The van der Waals surface area contributed by atoms with Gasteiger partial charge in [0.2, 0.25) is 0 Å². The fraction of sp³-hybridized carbons (Fsp3) is 0.235. The van der Waals surface area contributed by atoms with Crippen molar-refractivity contribution in [1.82, 2.24) is 9.88 Å². The Morgan fingerprint density at radius 1 is 1.27 bits per heavy atom. The number of amidine groups is 1. The molecule has 0 aliphatic rings. The zero-order valence-corrected chi connectivity index (χ0v) is 13.4. The molecule has 0 radical (unpaired) electrons. The van der Waals surface area contributed by atoms with Crippen LogP contribution in [0.5, 0.6) is 0 Å². The summed E-state index contributed by atoms with van der Waals surface area (Å²) in [5, 5.41) is 0. The molecule has 1 heterocycles. The van der Waals surface area contributed by atoms with Crippen LogP contribution in [0.25, 0.3) is 0 Å². The topological polar surface area (TPSA) is 40.9 Å². The van der Waals surface area contributed by atoms with Gasteiger partial charge in [0.1, 0.15) is 5.84 Å². The van der Waals surface area contributed by atoms with Gasteiger partial charge in [-0.3, -0.25) is 15.0 Å². The molecule has 1 aromatic heterocycles. The van der Waals surface area contributed by atoms with Crippen LogP contribution in [0, 0.1) is 0 Å². The first-order valence-electron chi connectivity index (χ1n) is 7.03. The van der Waals surface area contributed by atoms with Crippen LogP contribution in [0.3, 0.4) is 0 Å². The summed E-state index contributed by atoms with van der Waals surface area (Å²) in [7, 11) is 2.00. The highest BCUT2D eigenvalue weighted by molar-refractivity contribution is 6.18. The minimum atomic E-state index is 0.480. The van der Waals surface area contributed by atoms with Crippen molar-refractivity contribution in [3.63, 3.8) is 0 Å². The molecule has 0 fully saturated rings. The van der Waals surface area contributed by atoms with Crippen LogP contribution in [-0.4, -0.2) is 41.9 Å². The molecule has 114 valence electrons. The number of alkyl halides is 1. The lowest BCUT2D eigenvalue weighted by Gasteiger charge is -2.22. The summed E-state index contributed by atoms with van der Waals surface area (Å²) in [6.07, 6.45) is 3.62. The van der Waals surface area contributed by atoms with Gasteiger partial charge in [-0.2, -0.15) is 0 Å². The average Bonchev–Trinajstić information content (AvgIpc) is 2.56. The number of pyridine rings is 1. The number of hydrogen-bond acceptors (Lipinski definition) is 3. The summed E-state index contributed by atoms with van der Waals surface area (Å²) in [4.78, 5) is 14.9. The predicted molar refractivity (Wildman–Crippen MR) is 93.5 cm³/mol. The fourth-order valence-corrected chi connectivity index (χ4v) is 2.29. The van der Waals surface area contributed by atoms with E-state index in [2.05, 4.69) is 26.6 Å². The molecule has 4 nitrogen and oxygen atoms in total. The van der Waals surface area contributed by atoms with Gasteiger partial charge in [-0.1, -0.05) is 18.2 Å². The van der Waals surface area contributed by atoms with Crippen LogP contribution in [0.4, 0.5) is 5.69 Å². The van der Waals surface area contributed by atoms with E-state index in [4.69, 9.17) is 11.6 Å². The Hall–Kier alpha value is -2.20. The van der Waals surface area contributed by atoms with E-state index in [1.165, 1.54) is 0 Å². The maximum atomic E-state index is 5.80. The molecule has 0 aliphatic heterocycles. The van der Waals surface area contributed by atoms with Crippen molar-refractivity contribution >= 4 is 29.8 Å². The van der Waals surface area contributed by atoms with Crippen molar-refractivity contribution in [2.24, 2.45) is 9.98 Å². The monoisotopic (exact) mass is 314 g/mol. The first-order valence-corrected chi connectivity index (χ1v) is 7.56. The largest absolute Gasteiger partial charge is 0.355 e. The molecule has 22 heavy (non-hydrogen) atoms. The number of halogens is 1. The van der Waals surface area contributed by atoms with E-state index in [1.807, 2.05) is 49.6 Å². The summed E-state index contributed by atoms with van der Waals surface area (Å²) in [5.41, 5.74) is 2.88. The number of hydrogen-bond donors (Lipinski definition) is 0. The Labute approximate surface area is 136 Å². The maximum Gasteiger partial charge on any atom is 0.133 e. The number of rotatable bonds is 6. The van der Waals surface area contributed by atoms with E-state index in [1.54, 1.807) is 6.20 Å². The summed E-state index contributed by atoms with van der Waals surface area (Å²) < 4.78 is 0. The summed E-state index contributed by atoms with van der Waals surface area (Å²) >= 11 is 5.80. The normalized spacial score (nSPS) is 11.3. The van der Waals surface area contributed by atoms with E-state index in [0.29, 0.717) is 19.0 Å². The lowest BCUT2D eigenvalue weighted by Crippen LogP contribution is -2.28. The molecular weight excluding hydrogens is 296 g/mol. The molecule has 0 unspecified atom stereocenters. The summed E-state index contributed by atoms with van der Waals surface area (Å²) in [6, 6.07) is 11.8. The number of aromatic nitrogens is 1. The minimum Gasteiger partial charge on any atom is -0.355 e. The second-order valence-electron chi connectivity index (χ2n) is 4.79. The highest BCUT2D eigenvalue weighted by Crippen LogP contribution is 2.21. The van der Waals surface area contributed by atoms with E-state index < -0.39 is 0 Å². The molecule has 0 saturated heterocycles. The molecule has 0 aliphatic carbocycles. The molecule has 0 bridgehead atoms. The molecule has 0 amide bonds. The van der Waals surface area contributed by atoms with Crippen molar-refractivity contribution in [2.45, 2.75) is 6.54 Å². The van der Waals surface area contributed by atoms with Crippen LogP contribution in [0.1, 0.15) is 11.1 Å². The number of para-hydroxylation sites is 1. The lowest BCUT2D eigenvalue weighted by atomic mass is 10.1. The zero-order chi connectivity index (χ0) is 15.8. The third kappa shape index (κ3) is 4.15. The van der Waals surface area contributed by atoms with Gasteiger partial charge in [-0.25, -0.2) is 0 Å². The van der Waals surface area contributed by atoms with Crippen molar-refractivity contribution in [3.05, 3.63) is 59.9 Å². The number of nitrogens with zero attached hydrogens (tertiary/aromatic N) is 4. The Balaban J connectivity index is 2.31. The Morgan fingerprint density at radius 2 is 2.09 bits per heavy atom. The molecule has 0 saturated carbocycles. The quantitative estimate of drug-likeness (QED) is 0.465. The Bertz CT molecular complexity index is 640. The van der Waals surface area contributed by atoms with E-state index in [-0.39, 0.29) is 0 Å². The van der Waals surface area contributed by atoms with Crippen LogP contribution >= 0.6 is 11.6 Å². The van der Waals surface area contributed by atoms with Gasteiger partial charge in [-0.05, 0) is 30.5 Å². The van der Waals surface area contributed by atoms with Gasteiger partial charge in [0.25, 0.3) is 0 Å². The summed E-state index contributed by atoms with van der Waals surface area (Å²) in [6.45, 7) is 4.90. The maximum absolute atomic E-state index is 5.80. The van der Waals surface area contributed by atoms with E-state index in [0.717, 1.165) is 22.6 Å². The Kier molecular flexibility index (Phi) is 6.10. The molecule has 1 aromatic carbocycles. The molecule has 5 heteroatoms. The van der Waals surface area contributed by atoms with E-state index in [9.17, 15) is 0 Å². The highest BCUT2D eigenvalue weighted by Gasteiger charge is 2.13. The SMILES string of the molecule is C=Nc1ccccc1C(=NCCCl)N(C)Cc1cccnc1. The minimum absolute atomic E-state index is 0.480. The molecule has 2 aromatic rings. The fourth-order valence-electron chi connectivity index (χ4n) is 2.20. The molecule has 0 spiro atoms. The average molecular weight is 315 g/mol. The van der Waals surface area contributed by atoms with Gasteiger partial charge >= 0.3 is 0 Å². The second-order valence-corrected chi connectivity index (χ2v) is 5.16. The van der Waals surface area contributed by atoms with Gasteiger partial charge in [-0.15, -0.1) is 11.6 Å². The standard InChI is InChI=1S/C17H19ClN4/c1-19-16-8-4-3-7-15(16)17(21-11-9-18)22(2)13-14-6-5-10-20-12-14/h3-8,10,12H,1,9,11,13H2,2H3. The molecule has 2 rings (SSSR count).